The molecule has 0 heterocycles. The minimum absolute atomic E-state index is 0.0529. The second-order valence-corrected chi connectivity index (χ2v) is 17.4. The molecule has 5 heteroatoms. The lowest BCUT2D eigenvalue weighted by Crippen LogP contribution is -2.30. The summed E-state index contributed by atoms with van der Waals surface area (Å²) >= 11 is 0. The van der Waals surface area contributed by atoms with Crippen molar-refractivity contribution >= 4 is 11.9 Å². The summed E-state index contributed by atoms with van der Waals surface area (Å²) in [4.78, 5) is 25.4. The lowest BCUT2D eigenvalue weighted by molar-refractivity contribution is -0.163. The smallest absolute Gasteiger partial charge is 0.306 e. The van der Waals surface area contributed by atoms with Crippen LogP contribution in [0.2, 0.25) is 0 Å². The third kappa shape index (κ3) is 51.5. The Kier molecular flexibility index (Phi) is 51.5. The third-order valence-electron chi connectivity index (χ3n) is 11.1. The molecule has 0 aliphatic carbocycles. The van der Waals surface area contributed by atoms with Gasteiger partial charge in [0.15, 0.2) is 6.10 Å². The van der Waals surface area contributed by atoms with Gasteiger partial charge in [-0.25, -0.2) is 0 Å². The number of esters is 2. The highest BCUT2D eigenvalue weighted by molar-refractivity contribution is 5.70. The number of unbranched alkanes of at least 4 members (excludes halogenated alkanes) is 21. The molecule has 1 atom stereocenters. The topological polar surface area (TPSA) is 61.8 Å². The molecule has 0 aromatic heterocycles. The van der Waals surface area contributed by atoms with Crippen LogP contribution >= 0.6 is 0 Å². The maximum absolute atomic E-state index is 12.8. The number of allylic oxidation sites excluding steroid dienone is 16. The van der Waals surface area contributed by atoms with Crippen molar-refractivity contribution in [3.05, 3.63) is 97.2 Å². The van der Waals surface area contributed by atoms with E-state index in [1.165, 1.54) is 89.9 Å². The molecule has 0 aromatic carbocycles. The van der Waals surface area contributed by atoms with E-state index in [0.717, 1.165) is 116 Å². The first-order valence-electron chi connectivity index (χ1n) is 26.8. The molecular weight excluding hydrogens is 789 g/mol. The number of rotatable bonds is 48. The van der Waals surface area contributed by atoms with Crippen LogP contribution in [0.15, 0.2) is 97.2 Å². The van der Waals surface area contributed by atoms with Crippen molar-refractivity contribution in [3.63, 3.8) is 0 Å². The van der Waals surface area contributed by atoms with Gasteiger partial charge in [-0.1, -0.05) is 227 Å². The second-order valence-electron chi connectivity index (χ2n) is 17.4. The molecule has 5 nitrogen and oxygen atoms in total. The zero-order chi connectivity index (χ0) is 46.3. The predicted octanol–water partition coefficient (Wildman–Crippen LogP) is 18.2. The van der Waals surface area contributed by atoms with E-state index in [2.05, 4.69) is 118 Å². The molecule has 0 fully saturated rings. The van der Waals surface area contributed by atoms with Gasteiger partial charge in [-0.05, 0) is 96.3 Å². The van der Waals surface area contributed by atoms with E-state index in [4.69, 9.17) is 14.2 Å². The van der Waals surface area contributed by atoms with Gasteiger partial charge in [0.2, 0.25) is 0 Å². The van der Waals surface area contributed by atoms with E-state index in [0.29, 0.717) is 19.4 Å². The Hall–Kier alpha value is -3.18. The average Bonchev–Trinajstić information content (AvgIpc) is 3.30. The van der Waals surface area contributed by atoms with Crippen LogP contribution in [0.5, 0.6) is 0 Å². The van der Waals surface area contributed by atoms with Gasteiger partial charge in [0.25, 0.3) is 0 Å². The molecule has 0 amide bonds. The Morgan fingerprint density at radius 3 is 1.16 bits per heavy atom. The third-order valence-corrected chi connectivity index (χ3v) is 11.1. The maximum Gasteiger partial charge on any atom is 0.306 e. The van der Waals surface area contributed by atoms with Crippen LogP contribution in [0, 0.1) is 0 Å². The predicted molar refractivity (Wildman–Crippen MR) is 279 cm³/mol. The molecule has 1 unspecified atom stereocenters. The van der Waals surface area contributed by atoms with Gasteiger partial charge in [-0.3, -0.25) is 9.59 Å². The van der Waals surface area contributed by atoms with Crippen molar-refractivity contribution in [1.82, 2.24) is 0 Å². The lowest BCUT2D eigenvalue weighted by atomic mass is 10.0. The van der Waals surface area contributed by atoms with Gasteiger partial charge in [0, 0.05) is 19.4 Å². The first kappa shape index (κ1) is 60.8. The Bertz CT molecular complexity index is 1230. The van der Waals surface area contributed by atoms with Gasteiger partial charge < -0.3 is 14.2 Å². The van der Waals surface area contributed by atoms with Crippen molar-refractivity contribution in [1.29, 1.82) is 0 Å². The van der Waals surface area contributed by atoms with Gasteiger partial charge in [-0.15, -0.1) is 0 Å². The van der Waals surface area contributed by atoms with E-state index in [1.54, 1.807) is 0 Å². The number of hydrogen-bond acceptors (Lipinski definition) is 5. The van der Waals surface area contributed by atoms with Crippen molar-refractivity contribution in [2.75, 3.05) is 19.8 Å². The highest BCUT2D eigenvalue weighted by Gasteiger charge is 2.17. The molecule has 0 bridgehead atoms. The molecule has 0 saturated heterocycles. The fourth-order valence-corrected chi connectivity index (χ4v) is 7.20. The summed E-state index contributed by atoms with van der Waals surface area (Å²) in [5, 5.41) is 0. The van der Waals surface area contributed by atoms with E-state index in [-0.39, 0.29) is 25.2 Å². The maximum atomic E-state index is 12.8. The van der Waals surface area contributed by atoms with Crippen molar-refractivity contribution in [3.8, 4) is 0 Å². The van der Waals surface area contributed by atoms with Gasteiger partial charge >= 0.3 is 11.9 Å². The fourth-order valence-electron chi connectivity index (χ4n) is 7.20. The van der Waals surface area contributed by atoms with Crippen LogP contribution < -0.4 is 0 Å². The summed E-state index contributed by atoms with van der Waals surface area (Å²) in [6.07, 6.45) is 72.8. The van der Waals surface area contributed by atoms with Crippen molar-refractivity contribution < 1.29 is 23.8 Å². The summed E-state index contributed by atoms with van der Waals surface area (Å²) in [5.74, 6) is -0.471. The molecule has 0 aliphatic rings. The Labute approximate surface area is 396 Å². The fraction of sp³-hybridized carbons (Fsp3) is 0.695. The summed E-state index contributed by atoms with van der Waals surface area (Å²) in [7, 11) is 0. The quantitative estimate of drug-likeness (QED) is 0.0346. The Morgan fingerprint density at radius 1 is 0.359 bits per heavy atom. The summed E-state index contributed by atoms with van der Waals surface area (Å²) in [5.41, 5.74) is 0. The first-order chi connectivity index (χ1) is 31.6. The molecule has 64 heavy (non-hydrogen) atoms. The lowest BCUT2D eigenvalue weighted by Gasteiger charge is -2.18. The minimum atomic E-state index is -0.571. The van der Waals surface area contributed by atoms with E-state index < -0.39 is 6.10 Å². The summed E-state index contributed by atoms with van der Waals surface area (Å²) in [6.45, 7) is 7.54. The average molecular weight is 889 g/mol. The van der Waals surface area contributed by atoms with E-state index >= 15 is 0 Å². The van der Waals surface area contributed by atoms with Crippen LogP contribution in [0.1, 0.15) is 239 Å². The Balaban J connectivity index is 4.38. The normalized spacial score (nSPS) is 13.0. The van der Waals surface area contributed by atoms with E-state index in [1.807, 2.05) is 0 Å². The molecule has 0 spiro atoms. The molecule has 0 rings (SSSR count). The van der Waals surface area contributed by atoms with Gasteiger partial charge in [-0.2, -0.15) is 0 Å². The van der Waals surface area contributed by atoms with E-state index in [9.17, 15) is 9.59 Å². The zero-order valence-corrected chi connectivity index (χ0v) is 42.0. The number of carbonyl (C=O) groups excluding carboxylic acids is 2. The monoisotopic (exact) mass is 889 g/mol. The highest BCUT2D eigenvalue weighted by atomic mass is 16.6. The van der Waals surface area contributed by atoms with Crippen LogP contribution in [0.25, 0.3) is 0 Å². The van der Waals surface area contributed by atoms with Crippen molar-refractivity contribution in [2.45, 2.75) is 245 Å². The molecular formula is C59H100O5. The standard InChI is InChI=1S/C59H100O5/c1-4-7-10-13-16-19-22-25-28-30-32-34-37-40-43-46-49-52-58(60)63-56-57(55-62-54-51-48-45-42-39-36-33-29-26-23-20-17-14-11-8-5-2)64-59(61)53-50-47-44-41-38-35-31-27-24-21-18-15-12-9-6-3/h7,9-10,12,16,18-19,21,25,27-28,31-32,34,38,41,57H,4-6,8,11,13-15,17,20,22-24,26,29-30,33,35-37,39-40,42-56H2,1-3H3/b10-7-,12-9-,19-16-,21-18-,28-25-,31-27-,34-32-,41-38-. The second kappa shape index (κ2) is 54.2. The molecule has 0 radical (unpaired) electrons. The van der Waals surface area contributed by atoms with Crippen LogP contribution in [-0.2, 0) is 23.8 Å². The Morgan fingerprint density at radius 2 is 0.703 bits per heavy atom. The molecule has 0 aliphatic heterocycles. The van der Waals surface area contributed by atoms with Crippen LogP contribution in [0.4, 0.5) is 0 Å². The van der Waals surface area contributed by atoms with Crippen LogP contribution in [0.3, 0.4) is 0 Å². The molecule has 366 valence electrons. The minimum Gasteiger partial charge on any atom is -0.462 e. The summed E-state index contributed by atoms with van der Waals surface area (Å²) < 4.78 is 17.4. The SMILES string of the molecule is CC/C=C\C/C=C\C/C=C\C/C=C\CCCCCCC(=O)OCC(COCCCCCCCCCCCCCCCCCC)OC(=O)CCCC/C=C\C/C=C\C/C=C\C/C=C\CC. The van der Waals surface area contributed by atoms with Crippen LogP contribution in [-0.4, -0.2) is 37.9 Å². The zero-order valence-electron chi connectivity index (χ0n) is 42.0. The summed E-state index contributed by atoms with van der Waals surface area (Å²) in [6, 6.07) is 0. The number of hydrogen-bond donors (Lipinski definition) is 0. The first-order valence-corrected chi connectivity index (χ1v) is 26.8. The largest absolute Gasteiger partial charge is 0.462 e. The number of ether oxygens (including phenoxy) is 3. The van der Waals surface area contributed by atoms with Gasteiger partial charge in [0.05, 0.1) is 6.61 Å². The molecule has 0 saturated carbocycles. The van der Waals surface area contributed by atoms with Gasteiger partial charge in [0.1, 0.15) is 6.61 Å². The highest BCUT2D eigenvalue weighted by Crippen LogP contribution is 2.15. The van der Waals surface area contributed by atoms with Crippen molar-refractivity contribution in [2.24, 2.45) is 0 Å². The molecule has 0 aromatic rings. The number of carbonyl (C=O) groups is 2. The molecule has 0 N–H and O–H groups in total.